The molecule has 11 nitrogen and oxygen atoms in total. The van der Waals surface area contributed by atoms with Crippen LogP contribution in [0.25, 0.3) is 0 Å². The van der Waals surface area contributed by atoms with Crippen LogP contribution in [0.15, 0.2) is 0 Å². The number of carbonyl (C=O) groups is 5. The van der Waals surface area contributed by atoms with Gasteiger partial charge >= 0.3 is 11.9 Å². The Labute approximate surface area is 406 Å². The van der Waals surface area contributed by atoms with Gasteiger partial charge in [0, 0.05) is 12.8 Å². The number of unbranched alkanes of at least 4 members (excludes halogenated alkanes) is 25. The molecule has 388 valence electrons. The fourth-order valence-corrected chi connectivity index (χ4v) is 8.37. The fraction of sp³-hybridized carbons (Fsp3) is 0.909. The SMILES string of the molecule is CCCCCCCCCCCCOC(=O)CC[C@H](NC(=O)[C@H](CC(C)C)NC(=O)[C@H](CC(C)C)NC(=O)CCCCCCCCCC[N+](C)(C)C)C(=O)OCCCCCCCCCCCC. The molecule has 0 aliphatic carbocycles. The van der Waals surface area contributed by atoms with Gasteiger partial charge in [-0.2, -0.15) is 0 Å². The molecule has 0 aromatic heterocycles. The van der Waals surface area contributed by atoms with Gasteiger partial charge in [0.15, 0.2) is 0 Å². The summed E-state index contributed by atoms with van der Waals surface area (Å²) in [5.41, 5.74) is 0. The molecule has 0 bridgehead atoms. The molecule has 11 heteroatoms. The van der Waals surface area contributed by atoms with Crippen LogP contribution in [-0.4, -0.2) is 93.2 Å². The lowest BCUT2D eigenvalue weighted by atomic mass is 9.99. The Hall–Kier alpha value is -2.69. The topological polar surface area (TPSA) is 140 Å². The van der Waals surface area contributed by atoms with Crippen LogP contribution in [-0.2, 0) is 33.4 Å². The molecular weight excluding hydrogens is 829 g/mol. The zero-order chi connectivity index (χ0) is 49.3. The number of esters is 2. The second kappa shape index (κ2) is 42.4. The Morgan fingerprint density at radius 3 is 1.21 bits per heavy atom. The van der Waals surface area contributed by atoms with Crippen molar-refractivity contribution in [3.05, 3.63) is 0 Å². The molecule has 0 saturated heterocycles. The van der Waals surface area contributed by atoms with Crippen LogP contribution in [0.3, 0.4) is 0 Å². The average Bonchev–Trinajstić information content (AvgIpc) is 3.25. The van der Waals surface area contributed by atoms with Crippen molar-refractivity contribution in [2.45, 2.75) is 272 Å². The number of nitrogens with zero attached hydrogens (tertiary/aromatic N) is 1. The van der Waals surface area contributed by atoms with Crippen molar-refractivity contribution in [2.24, 2.45) is 11.8 Å². The van der Waals surface area contributed by atoms with E-state index in [0.717, 1.165) is 62.3 Å². The van der Waals surface area contributed by atoms with Gasteiger partial charge in [0.1, 0.15) is 18.1 Å². The minimum absolute atomic E-state index is 0.0325. The Bertz CT molecular complexity index is 1220. The summed E-state index contributed by atoms with van der Waals surface area (Å²) in [5, 5.41) is 8.73. The van der Waals surface area contributed by atoms with Crippen molar-refractivity contribution in [3.63, 3.8) is 0 Å². The first-order chi connectivity index (χ1) is 31.6. The highest BCUT2D eigenvalue weighted by molar-refractivity contribution is 5.93. The molecule has 0 saturated carbocycles. The van der Waals surface area contributed by atoms with E-state index in [1.54, 1.807) is 0 Å². The highest BCUT2D eigenvalue weighted by atomic mass is 16.5. The second-order valence-corrected chi connectivity index (χ2v) is 21.4. The minimum Gasteiger partial charge on any atom is -0.466 e. The van der Waals surface area contributed by atoms with Crippen molar-refractivity contribution in [1.82, 2.24) is 16.0 Å². The Morgan fingerprint density at radius 1 is 0.424 bits per heavy atom. The molecule has 0 aromatic carbocycles. The van der Waals surface area contributed by atoms with Crippen molar-refractivity contribution in [2.75, 3.05) is 40.9 Å². The number of amides is 3. The molecule has 0 radical (unpaired) electrons. The zero-order valence-corrected chi connectivity index (χ0v) is 44.6. The quantitative estimate of drug-likeness (QED) is 0.0314. The van der Waals surface area contributed by atoms with E-state index in [1.165, 1.54) is 129 Å². The van der Waals surface area contributed by atoms with Gasteiger partial charge in [-0.15, -0.1) is 0 Å². The van der Waals surface area contributed by atoms with Crippen molar-refractivity contribution in [3.8, 4) is 0 Å². The largest absolute Gasteiger partial charge is 0.466 e. The molecule has 66 heavy (non-hydrogen) atoms. The van der Waals surface area contributed by atoms with Gasteiger partial charge in [-0.25, -0.2) is 4.79 Å². The van der Waals surface area contributed by atoms with E-state index in [9.17, 15) is 24.0 Å². The standard InChI is InChI=1S/C55H106N4O7/c1-10-12-14-16-18-20-24-28-32-36-42-65-52(61)40-39-48(55(64)66-43-37-33-29-25-21-19-17-15-13-11-2)57-54(63)50(45-47(5)6)58-53(62)49(44-46(3)4)56-51(60)38-34-30-26-22-23-27-31-35-41-59(7,8)9/h46-50H,10-45H2,1-9H3,(H2-,56,57,58,60,62,63)/p+1/t48-,49-,50-/m0/s1. The van der Waals surface area contributed by atoms with Gasteiger partial charge in [-0.3, -0.25) is 19.2 Å². The summed E-state index contributed by atoms with van der Waals surface area (Å²) in [6.07, 6.45) is 33.6. The highest BCUT2D eigenvalue weighted by Crippen LogP contribution is 2.16. The molecule has 3 amide bonds. The Balaban J connectivity index is 5.35. The molecule has 0 spiro atoms. The van der Waals surface area contributed by atoms with E-state index in [4.69, 9.17) is 9.47 Å². The lowest BCUT2D eigenvalue weighted by Gasteiger charge is -2.26. The molecule has 0 aliphatic heterocycles. The van der Waals surface area contributed by atoms with Crippen LogP contribution in [0.2, 0.25) is 0 Å². The molecule has 0 rings (SSSR count). The van der Waals surface area contributed by atoms with Gasteiger partial charge in [-0.05, 0) is 63.2 Å². The smallest absolute Gasteiger partial charge is 0.328 e. The highest BCUT2D eigenvalue weighted by Gasteiger charge is 2.31. The maximum Gasteiger partial charge on any atom is 0.328 e. The van der Waals surface area contributed by atoms with Gasteiger partial charge < -0.3 is 29.9 Å². The third kappa shape index (κ3) is 40.4. The van der Waals surface area contributed by atoms with Gasteiger partial charge in [0.05, 0.1) is 40.9 Å². The third-order valence-electron chi connectivity index (χ3n) is 12.4. The molecule has 0 aromatic rings. The number of hydrogen-bond donors (Lipinski definition) is 3. The number of quaternary nitrogens is 1. The Morgan fingerprint density at radius 2 is 0.788 bits per heavy atom. The molecule has 0 fully saturated rings. The van der Waals surface area contributed by atoms with Gasteiger partial charge in [0.2, 0.25) is 17.7 Å². The molecular formula is C55H107N4O7+. The third-order valence-corrected chi connectivity index (χ3v) is 12.4. The summed E-state index contributed by atoms with van der Waals surface area (Å²) in [7, 11) is 6.70. The number of hydrogen-bond acceptors (Lipinski definition) is 7. The van der Waals surface area contributed by atoms with E-state index < -0.39 is 41.9 Å². The van der Waals surface area contributed by atoms with Gasteiger partial charge in [-0.1, -0.05) is 189 Å². The predicted octanol–water partition coefficient (Wildman–Crippen LogP) is 12.5. The number of carbonyl (C=O) groups excluding carboxylic acids is 5. The number of ether oxygens (including phenoxy) is 2. The van der Waals surface area contributed by atoms with Gasteiger partial charge in [0.25, 0.3) is 0 Å². The number of rotatable bonds is 46. The van der Waals surface area contributed by atoms with Crippen LogP contribution in [0.1, 0.15) is 253 Å². The van der Waals surface area contributed by atoms with E-state index in [2.05, 4.69) is 50.9 Å². The second-order valence-electron chi connectivity index (χ2n) is 21.4. The molecule has 0 unspecified atom stereocenters. The summed E-state index contributed by atoms with van der Waals surface area (Å²) in [6.45, 7) is 14.2. The summed E-state index contributed by atoms with van der Waals surface area (Å²) in [4.78, 5) is 67.3. The predicted molar refractivity (Wildman–Crippen MR) is 274 cm³/mol. The monoisotopic (exact) mass is 936 g/mol. The van der Waals surface area contributed by atoms with Crippen molar-refractivity contribution < 1.29 is 37.9 Å². The minimum atomic E-state index is -1.07. The zero-order valence-electron chi connectivity index (χ0n) is 44.6. The maximum absolute atomic E-state index is 14.0. The summed E-state index contributed by atoms with van der Waals surface area (Å²) < 4.78 is 12.2. The molecule has 0 aliphatic rings. The van der Waals surface area contributed by atoms with Crippen molar-refractivity contribution in [1.29, 1.82) is 0 Å². The number of nitrogens with one attached hydrogen (secondary N) is 3. The van der Waals surface area contributed by atoms with E-state index in [0.29, 0.717) is 25.9 Å². The normalized spacial score (nSPS) is 13.1. The van der Waals surface area contributed by atoms with Crippen LogP contribution < -0.4 is 16.0 Å². The van der Waals surface area contributed by atoms with Crippen LogP contribution in [0.5, 0.6) is 0 Å². The van der Waals surface area contributed by atoms with Crippen LogP contribution in [0.4, 0.5) is 0 Å². The average molecular weight is 936 g/mol. The fourth-order valence-electron chi connectivity index (χ4n) is 8.37. The molecule has 3 atom stereocenters. The van der Waals surface area contributed by atoms with Crippen LogP contribution in [0, 0.1) is 11.8 Å². The summed E-state index contributed by atoms with van der Waals surface area (Å²) >= 11 is 0. The summed E-state index contributed by atoms with van der Waals surface area (Å²) in [6, 6.07) is -2.81. The van der Waals surface area contributed by atoms with Crippen molar-refractivity contribution >= 4 is 29.7 Å². The molecule has 3 N–H and O–H groups in total. The van der Waals surface area contributed by atoms with E-state index >= 15 is 0 Å². The Kier molecular flexibility index (Phi) is 40.7. The lowest BCUT2D eigenvalue weighted by Crippen LogP contribution is -2.56. The van der Waals surface area contributed by atoms with E-state index in [-0.39, 0.29) is 37.2 Å². The van der Waals surface area contributed by atoms with Crippen LogP contribution >= 0.6 is 0 Å². The summed E-state index contributed by atoms with van der Waals surface area (Å²) in [5.74, 6) is -1.92. The first-order valence-electron chi connectivity index (χ1n) is 27.6. The first kappa shape index (κ1) is 63.3. The first-order valence-corrected chi connectivity index (χ1v) is 27.6. The lowest BCUT2D eigenvalue weighted by molar-refractivity contribution is -0.870. The molecule has 0 heterocycles. The van der Waals surface area contributed by atoms with E-state index in [1.807, 2.05) is 27.7 Å². The maximum atomic E-state index is 14.0.